The van der Waals surface area contributed by atoms with Gasteiger partial charge in [-0.2, -0.15) is 0 Å². The van der Waals surface area contributed by atoms with Crippen molar-refractivity contribution in [3.8, 4) is 0 Å². The summed E-state index contributed by atoms with van der Waals surface area (Å²) in [6.45, 7) is 4.23. The van der Waals surface area contributed by atoms with Crippen LogP contribution in [0.15, 0.2) is 0 Å². The van der Waals surface area contributed by atoms with E-state index < -0.39 is 0 Å². The Balaban J connectivity index is 2.33. The standard InChI is InChI=1S/C12H24N2O/c1-3-11(4-2)14-12(15)9-5-7-10(13)8-6-9/h9-11H,3-8,13H2,1-2H3,(H,14,15). The Bertz CT molecular complexity index is 194. The molecule has 1 rings (SSSR count). The molecule has 3 nitrogen and oxygen atoms in total. The molecule has 88 valence electrons. The Hall–Kier alpha value is -0.570. The van der Waals surface area contributed by atoms with Gasteiger partial charge in [-0.25, -0.2) is 0 Å². The van der Waals surface area contributed by atoms with Gasteiger partial charge < -0.3 is 11.1 Å². The van der Waals surface area contributed by atoms with Crippen LogP contribution in [-0.4, -0.2) is 18.0 Å². The molecule has 3 N–H and O–H groups in total. The molecule has 0 unspecified atom stereocenters. The van der Waals surface area contributed by atoms with Gasteiger partial charge in [0.1, 0.15) is 0 Å². The summed E-state index contributed by atoms with van der Waals surface area (Å²) in [6.07, 6.45) is 5.98. The van der Waals surface area contributed by atoms with Crippen molar-refractivity contribution in [2.24, 2.45) is 11.7 Å². The average molecular weight is 212 g/mol. The van der Waals surface area contributed by atoms with Crippen molar-refractivity contribution >= 4 is 5.91 Å². The summed E-state index contributed by atoms with van der Waals surface area (Å²) < 4.78 is 0. The Kier molecular flexibility index (Phi) is 5.09. The van der Waals surface area contributed by atoms with Crippen LogP contribution in [0.1, 0.15) is 52.4 Å². The molecule has 0 saturated heterocycles. The minimum atomic E-state index is 0.213. The summed E-state index contributed by atoms with van der Waals surface area (Å²) in [5.74, 6) is 0.459. The molecule has 0 atom stereocenters. The van der Waals surface area contributed by atoms with E-state index in [1.54, 1.807) is 0 Å². The van der Waals surface area contributed by atoms with Gasteiger partial charge in [0.25, 0.3) is 0 Å². The molecule has 0 aromatic rings. The van der Waals surface area contributed by atoms with Gasteiger partial charge in [-0.1, -0.05) is 13.8 Å². The van der Waals surface area contributed by atoms with E-state index in [4.69, 9.17) is 5.73 Å². The molecule has 0 aromatic heterocycles. The minimum Gasteiger partial charge on any atom is -0.353 e. The topological polar surface area (TPSA) is 55.1 Å². The molecular formula is C12H24N2O. The molecule has 0 bridgehead atoms. The molecule has 1 aliphatic carbocycles. The van der Waals surface area contributed by atoms with E-state index in [1.165, 1.54) is 0 Å². The number of hydrogen-bond acceptors (Lipinski definition) is 2. The van der Waals surface area contributed by atoms with Crippen molar-refractivity contribution in [3.05, 3.63) is 0 Å². The van der Waals surface area contributed by atoms with Crippen molar-refractivity contribution in [2.75, 3.05) is 0 Å². The van der Waals surface area contributed by atoms with E-state index >= 15 is 0 Å². The Morgan fingerprint density at radius 2 is 1.80 bits per heavy atom. The van der Waals surface area contributed by atoms with Gasteiger partial charge in [0.2, 0.25) is 5.91 Å². The quantitative estimate of drug-likeness (QED) is 0.746. The first-order chi connectivity index (χ1) is 7.17. The van der Waals surface area contributed by atoms with E-state index in [0.717, 1.165) is 38.5 Å². The van der Waals surface area contributed by atoms with Gasteiger partial charge in [0.15, 0.2) is 0 Å². The molecule has 0 radical (unpaired) electrons. The zero-order valence-electron chi connectivity index (χ0n) is 9.96. The Morgan fingerprint density at radius 1 is 1.27 bits per heavy atom. The van der Waals surface area contributed by atoms with Gasteiger partial charge in [-0.3, -0.25) is 4.79 Å². The average Bonchev–Trinajstić information content (AvgIpc) is 2.26. The number of carbonyl (C=O) groups is 1. The highest BCUT2D eigenvalue weighted by atomic mass is 16.1. The van der Waals surface area contributed by atoms with Crippen LogP contribution < -0.4 is 11.1 Å². The third kappa shape index (κ3) is 3.82. The van der Waals surface area contributed by atoms with Gasteiger partial charge in [0.05, 0.1) is 0 Å². The van der Waals surface area contributed by atoms with E-state index in [2.05, 4.69) is 19.2 Å². The smallest absolute Gasteiger partial charge is 0.223 e. The van der Waals surface area contributed by atoms with Crippen molar-refractivity contribution in [1.82, 2.24) is 5.32 Å². The van der Waals surface area contributed by atoms with Crippen molar-refractivity contribution < 1.29 is 4.79 Å². The second-order valence-electron chi connectivity index (χ2n) is 4.63. The summed E-state index contributed by atoms with van der Waals surface area (Å²) in [5, 5.41) is 3.12. The lowest BCUT2D eigenvalue weighted by molar-refractivity contribution is -0.126. The highest BCUT2D eigenvalue weighted by Crippen LogP contribution is 2.23. The fourth-order valence-electron chi connectivity index (χ4n) is 2.19. The molecule has 1 aliphatic rings. The summed E-state index contributed by atoms with van der Waals surface area (Å²) in [4.78, 5) is 11.9. The van der Waals surface area contributed by atoms with Gasteiger partial charge in [0, 0.05) is 18.0 Å². The maximum absolute atomic E-state index is 11.9. The number of carbonyl (C=O) groups excluding carboxylic acids is 1. The van der Waals surface area contributed by atoms with Crippen LogP contribution in [0.4, 0.5) is 0 Å². The molecule has 0 spiro atoms. The minimum absolute atomic E-state index is 0.213. The summed E-state index contributed by atoms with van der Waals surface area (Å²) in [5.41, 5.74) is 5.82. The molecule has 0 aliphatic heterocycles. The number of rotatable bonds is 4. The lowest BCUT2D eigenvalue weighted by Gasteiger charge is -2.26. The maximum atomic E-state index is 11.9. The lowest BCUT2D eigenvalue weighted by Crippen LogP contribution is -2.40. The first-order valence-corrected chi connectivity index (χ1v) is 6.23. The van der Waals surface area contributed by atoms with Crippen LogP contribution >= 0.6 is 0 Å². The van der Waals surface area contributed by atoms with Crippen LogP contribution in [0, 0.1) is 5.92 Å². The first kappa shape index (κ1) is 12.5. The summed E-state index contributed by atoms with van der Waals surface area (Å²) >= 11 is 0. The van der Waals surface area contributed by atoms with Crippen LogP contribution in [-0.2, 0) is 4.79 Å². The van der Waals surface area contributed by atoms with Crippen LogP contribution in [0.3, 0.4) is 0 Å². The second-order valence-corrected chi connectivity index (χ2v) is 4.63. The molecule has 1 saturated carbocycles. The molecule has 1 fully saturated rings. The summed E-state index contributed by atoms with van der Waals surface area (Å²) in [7, 11) is 0. The van der Waals surface area contributed by atoms with E-state index in [-0.39, 0.29) is 11.8 Å². The van der Waals surface area contributed by atoms with E-state index in [1.807, 2.05) is 0 Å². The number of hydrogen-bond donors (Lipinski definition) is 2. The molecule has 3 heteroatoms. The number of amides is 1. The third-order valence-corrected chi connectivity index (χ3v) is 3.47. The monoisotopic (exact) mass is 212 g/mol. The third-order valence-electron chi connectivity index (χ3n) is 3.47. The largest absolute Gasteiger partial charge is 0.353 e. The van der Waals surface area contributed by atoms with Crippen LogP contribution in [0.5, 0.6) is 0 Å². The number of nitrogens with two attached hydrogens (primary N) is 1. The van der Waals surface area contributed by atoms with Crippen molar-refractivity contribution in [2.45, 2.75) is 64.5 Å². The predicted molar refractivity (Wildman–Crippen MR) is 62.4 cm³/mol. The van der Waals surface area contributed by atoms with E-state index in [9.17, 15) is 4.79 Å². The fraction of sp³-hybridized carbons (Fsp3) is 0.917. The zero-order chi connectivity index (χ0) is 11.3. The zero-order valence-corrected chi connectivity index (χ0v) is 9.96. The SMILES string of the molecule is CCC(CC)NC(=O)C1CCC(N)CC1. The predicted octanol–water partition coefficient (Wildman–Crippen LogP) is 1.81. The van der Waals surface area contributed by atoms with E-state index in [0.29, 0.717) is 12.1 Å². The highest BCUT2D eigenvalue weighted by Gasteiger charge is 2.25. The molecular weight excluding hydrogens is 188 g/mol. The molecule has 0 heterocycles. The first-order valence-electron chi connectivity index (χ1n) is 6.23. The molecule has 15 heavy (non-hydrogen) atoms. The summed E-state index contributed by atoms with van der Waals surface area (Å²) in [6, 6.07) is 0.676. The normalized spacial score (nSPS) is 26.7. The Morgan fingerprint density at radius 3 is 2.27 bits per heavy atom. The Labute approximate surface area is 92.8 Å². The van der Waals surface area contributed by atoms with Gasteiger partial charge >= 0.3 is 0 Å². The van der Waals surface area contributed by atoms with Gasteiger partial charge in [-0.15, -0.1) is 0 Å². The van der Waals surface area contributed by atoms with Crippen LogP contribution in [0.2, 0.25) is 0 Å². The number of nitrogens with one attached hydrogen (secondary N) is 1. The van der Waals surface area contributed by atoms with Crippen molar-refractivity contribution in [3.63, 3.8) is 0 Å². The van der Waals surface area contributed by atoms with Crippen LogP contribution in [0.25, 0.3) is 0 Å². The van der Waals surface area contributed by atoms with Gasteiger partial charge in [-0.05, 0) is 38.5 Å². The molecule has 1 amide bonds. The lowest BCUT2D eigenvalue weighted by atomic mass is 9.85. The maximum Gasteiger partial charge on any atom is 0.223 e. The molecule has 0 aromatic carbocycles. The fourth-order valence-corrected chi connectivity index (χ4v) is 2.19. The second kappa shape index (κ2) is 6.11. The highest BCUT2D eigenvalue weighted by molar-refractivity contribution is 5.79. The van der Waals surface area contributed by atoms with Crippen molar-refractivity contribution in [1.29, 1.82) is 0 Å².